The van der Waals surface area contributed by atoms with Gasteiger partial charge in [0.15, 0.2) is 0 Å². The summed E-state index contributed by atoms with van der Waals surface area (Å²) in [5.41, 5.74) is 0.328. The molecule has 17 heavy (non-hydrogen) atoms. The fourth-order valence-electron chi connectivity index (χ4n) is 2.22. The van der Waals surface area contributed by atoms with Crippen molar-refractivity contribution in [1.29, 1.82) is 0 Å². The van der Waals surface area contributed by atoms with Crippen molar-refractivity contribution in [2.24, 2.45) is 0 Å². The molecule has 2 rings (SSSR count). The average Bonchev–Trinajstić information content (AvgIpc) is 2.50. The van der Waals surface area contributed by atoms with Crippen molar-refractivity contribution in [2.75, 3.05) is 18.0 Å². The molecular formula is C13H20N2O2. The van der Waals surface area contributed by atoms with Gasteiger partial charge in [0.2, 0.25) is 0 Å². The van der Waals surface area contributed by atoms with Crippen molar-refractivity contribution in [2.45, 2.75) is 38.4 Å². The molecule has 0 bridgehead atoms. The predicted octanol–water partition coefficient (Wildman–Crippen LogP) is 1.32. The maximum Gasteiger partial charge on any atom is 0.128 e. The lowest BCUT2D eigenvalue weighted by Gasteiger charge is -2.23. The van der Waals surface area contributed by atoms with Crippen LogP contribution in [0.1, 0.15) is 31.7 Å². The first-order chi connectivity index (χ1) is 8.11. The molecule has 1 aromatic rings. The van der Waals surface area contributed by atoms with Gasteiger partial charge in [-0.3, -0.25) is 0 Å². The zero-order valence-corrected chi connectivity index (χ0v) is 10.3. The van der Waals surface area contributed by atoms with E-state index in [-0.39, 0.29) is 6.61 Å². The van der Waals surface area contributed by atoms with Gasteiger partial charge in [0.25, 0.3) is 0 Å². The van der Waals surface area contributed by atoms with E-state index in [0.717, 1.165) is 43.7 Å². The molecule has 2 heterocycles. The molecule has 1 unspecified atom stereocenters. The predicted molar refractivity (Wildman–Crippen MR) is 66.8 cm³/mol. The summed E-state index contributed by atoms with van der Waals surface area (Å²) in [5.74, 6) is 0.897. The summed E-state index contributed by atoms with van der Waals surface area (Å²) < 4.78 is 0. The second kappa shape index (κ2) is 5.02. The van der Waals surface area contributed by atoms with Crippen LogP contribution < -0.4 is 4.90 Å². The Morgan fingerprint density at radius 2 is 2.24 bits per heavy atom. The number of hydrogen-bond acceptors (Lipinski definition) is 4. The summed E-state index contributed by atoms with van der Waals surface area (Å²) in [6, 6.07) is 3.73. The van der Waals surface area contributed by atoms with E-state index < -0.39 is 5.60 Å². The molecule has 0 aliphatic carbocycles. The maximum atomic E-state index is 10.0. The van der Waals surface area contributed by atoms with Gasteiger partial charge in [-0.15, -0.1) is 0 Å². The Hall–Kier alpha value is -1.13. The monoisotopic (exact) mass is 236 g/mol. The van der Waals surface area contributed by atoms with E-state index in [1.54, 1.807) is 6.20 Å². The quantitative estimate of drug-likeness (QED) is 0.813. The SMILES string of the molecule is CC1(O)CCCN(c2cc(CO)ccn2)CC1. The zero-order chi connectivity index (χ0) is 12.3. The first kappa shape index (κ1) is 12.3. The third-order valence-electron chi connectivity index (χ3n) is 3.38. The minimum absolute atomic E-state index is 0.0427. The highest BCUT2D eigenvalue weighted by molar-refractivity contribution is 5.41. The highest BCUT2D eigenvalue weighted by Gasteiger charge is 2.25. The van der Waals surface area contributed by atoms with Crippen LogP contribution in [0.3, 0.4) is 0 Å². The third-order valence-corrected chi connectivity index (χ3v) is 3.38. The lowest BCUT2D eigenvalue weighted by atomic mass is 9.98. The van der Waals surface area contributed by atoms with Crippen molar-refractivity contribution in [3.63, 3.8) is 0 Å². The number of hydrogen-bond donors (Lipinski definition) is 2. The van der Waals surface area contributed by atoms with Crippen LogP contribution in [0.5, 0.6) is 0 Å². The van der Waals surface area contributed by atoms with Gasteiger partial charge < -0.3 is 15.1 Å². The molecule has 1 aliphatic heterocycles. The molecule has 0 saturated carbocycles. The zero-order valence-electron chi connectivity index (χ0n) is 10.3. The lowest BCUT2D eigenvalue weighted by Crippen LogP contribution is -2.28. The fourth-order valence-corrected chi connectivity index (χ4v) is 2.22. The molecule has 1 fully saturated rings. The largest absolute Gasteiger partial charge is 0.392 e. The van der Waals surface area contributed by atoms with Crippen LogP contribution >= 0.6 is 0 Å². The van der Waals surface area contributed by atoms with E-state index in [1.807, 2.05) is 19.1 Å². The van der Waals surface area contributed by atoms with Crippen LogP contribution in [0.25, 0.3) is 0 Å². The number of rotatable bonds is 2. The van der Waals surface area contributed by atoms with E-state index in [0.29, 0.717) is 0 Å². The molecule has 0 spiro atoms. The molecular weight excluding hydrogens is 216 g/mol. The Morgan fingerprint density at radius 3 is 3.00 bits per heavy atom. The molecule has 2 N–H and O–H groups in total. The minimum atomic E-state index is -0.552. The Kier molecular flexibility index (Phi) is 3.64. The van der Waals surface area contributed by atoms with Crippen LogP contribution in [0.2, 0.25) is 0 Å². The van der Waals surface area contributed by atoms with Crippen molar-refractivity contribution in [3.8, 4) is 0 Å². The number of pyridine rings is 1. The summed E-state index contributed by atoms with van der Waals surface area (Å²) in [7, 11) is 0. The van der Waals surface area contributed by atoms with Crippen LogP contribution in [-0.4, -0.2) is 33.9 Å². The summed E-state index contributed by atoms with van der Waals surface area (Å²) in [4.78, 5) is 6.51. The van der Waals surface area contributed by atoms with Gasteiger partial charge in [-0.05, 0) is 43.9 Å². The Morgan fingerprint density at radius 1 is 1.41 bits per heavy atom. The highest BCUT2D eigenvalue weighted by Crippen LogP contribution is 2.24. The number of aliphatic hydroxyl groups excluding tert-OH is 1. The van der Waals surface area contributed by atoms with Crippen molar-refractivity contribution in [1.82, 2.24) is 4.98 Å². The Bertz CT molecular complexity index is 379. The van der Waals surface area contributed by atoms with E-state index in [9.17, 15) is 5.11 Å². The summed E-state index contributed by atoms with van der Waals surface area (Å²) in [5, 5.41) is 19.1. The second-order valence-electron chi connectivity index (χ2n) is 5.02. The summed E-state index contributed by atoms with van der Waals surface area (Å²) in [6.07, 6.45) is 4.29. The molecule has 1 saturated heterocycles. The normalized spacial score (nSPS) is 25.7. The van der Waals surface area contributed by atoms with Crippen LogP contribution in [0, 0.1) is 0 Å². The van der Waals surface area contributed by atoms with E-state index in [1.165, 1.54) is 0 Å². The van der Waals surface area contributed by atoms with Gasteiger partial charge >= 0.3 is 0 Å². The first-order valence-electron chi connectivity index (χ1n) is 6.14. The molecule has 0 amide bonds. The van der Waals surface area contributed by atoms with Crippen LogP contribution in [-0.2, 0) is 6.61 Å². The van der Waals surface area contributed by atoms with Gasteiger partial charge in [0.05, 0.1) is 12.2 Å². The van der Waals surface area contributed by atoms with Gasteiger partial charge in [-0.1, -0.05) is 0 Å². The van der Waals surface area contributed by atoms with Gasteiger partial charge in [0, 0.05) is 19.3 Å². The van der Waals surface area contributed by atoms with Crippen molar-refractivity contribution < 1.29 is 10.2 Å². The standard InChI is InChI=1S/C13H20N2O2/c1-13(17)4-2-7-15(8-5-13)12-9-11(10-16)3-6-14-12/h3,6,9,16-17H,2,4-5,7-8,10H2,1H3. The number of nitrogens with zero attached hydrogens (tertiary/aromatic N) is 2. The molecule has 0 aromatic carbocycles. The molecule has 1 atom stereocenters. The number of anilines is 1. The van der Waals surface area contributed by atoms with E-state index in [2.05, 4.69) is 9.88 Å². The molecule has 4 nitrogen and oxygen atoms in total. The second-order valence-corrected chi connectivity index (χ2v) is 5.02. The smallest absolute Gasteiger partial charge is 0.128 e. The van der Waals surface area contributed by atoms with Crippen molar-refractivity contribution in [3.05, 3.63) is 23.9 Å². The first-order valence-corrected chi connectivity index (χ1v) is 6.14. The molecule has 1 aromatic heterocycles. The molecule has 1 aliphatic rings. The topological polar surface area (TPSA) is 56.6 Å². The van der Waals surface area contributed by atoms with Crippen LogP contribution in [0.15, 0.2) is 18.3 Å². The number of aliphatic hydroxyl groups is 2. The average molecular weight is 236 g/mol. The highest BCUT2D eigenvalue weighted by atomic mass is 16.3. The van der Waals surface area contributed by atoms with Crippen molar-refractivity contribution >= 4 is 5.82 Å². The molecule has 94 valence electrons. The summed E-state index contributed by atoms with van der Waals surface area (Å²) in [6.45, 7) is 3.67. The Balaban J connectivity index is 2.11. The molecule has 0 radical (unpaired) electrons. The van der Waals surface area contributed by atoms with E-state index >= 15 is 0 Å². The van der Waals surface area contributed by atoms with Gasteiger partial charge in [-0.25, -0.2) is 4.98 Å². The summed E-state index contributed by atoms with van der Waals surface area (Å²) >= 11 is 0. The van der Waals surface area contributed by atoms with Gasteiger partial charge in [-0.2, -0.15) is 0 Å². The minimum Gasteiger partial charge on any atom is -0.392 e. The fraction of sp³-hybridized carbons (Fsp3) is 0.615. The van der Waals surface area contributed by atoms with Crippen LogP contribution in [0.4, 0.5) is 5.82 Å². The van der Waals surface area contributed by atoms with E-state index in [4.69, 9.17) is 5.11 Å². The Labute approximate surface area is 102 Å². The number of aromatic nitrogens is 1. The molecule has 4 heteroatoms. The lowest BCUT2D eigenvalue weighted by molar-refractivity contribution is 0.0481. The third kappa shape index (κ3) is 3.17. The maximum absolute atomic E-state index is 10.0. The van der Waals surface area contributed by atoms with Gasteiger partial charge in [0.1, 0.15) is 5.82 Å².